The Bertz CT molecular complexity index is 531. The van der Waals surface area contributed by atoms with Gasteiger partial charge in [-0.2, -0.15) is 0 Å². The molecule has 22 heavy (non-hydrogen) atoms. The summed E-state index contributed by atoms with van der Waals surface area (Å²) in [5, 5.41) is 3.95. The molecule has 0 aromatic heterocycles. The van der Waals surface area contributed by atoms with Crippen LogP contribution in [0.1, 0.15) is 11.6 Å². The number of primary amides is 1. The molecular weight excluding hydrogens is 345 g/mol. The third kappa shape index (κ3) is 5.35. The fourth-order valence-corrected chi connectivity index (χ4v) is 3.18. The lowest BCUT2D eigenvalue weighted by molar-refractivity contribution is -0.131. The van der Waals surface area contributed by atoms with E-state index >= 15 is 0 Å². The number of nitrogens with two attached hydrogens (primary N) is 1. The number of benzene rings is 1. The molecule has 1 saturated heterocycles. The maximum atomic E-state index is 12.3. The van der Waals surface area contributed by atoms with Gasteiger partial charge in [-0.3, -0.25) is 9.59 Å². The maximum Gasteiger partial charge on any atom is 0.233 e. The van der Waals surface area contributed by atoms with E-state index in [4.69, 9.17) is 17.3 Å². The summed E-state index contributed by atoms with van der Waals surface area (Å²) in [5.41, 5.74) is 6.10. The molecule has 5 nitrogen and oxygen atoms in total. The molecule has 0 aliphatic carbocycles. The molecule has 2 amide bonds. The third-order valence-electron chi connectivity index (χ3n) is 3.27. The molecular formula is C14H19Cl2N3O2S. The second-order valence-corrected chi connectivity index (χ2v) is 6.24. The Labute approximate surface area is 145 Å². The molecule has 1 aliphatic rings. The second-order valence-electron chi connectivity index (χ2n) is 4.82. The summed E-state index contributed by atoms with van der Waals surface area (Å²) < 4.78 is 0. The molecule has 0 spiro atoms. The van der Waals surface area contributed by atoms with Crippen molar-refractivity contribution in [2.75, 3.05) is 31.1 Å². The summed E-state index contributed by atoms with van der Waals surface area (Å²) in [6, 6.07) is 7.53. The average Bonchev–Trinajstić information content (AvgIpc) is 2.47. The van der Waals surface area contributed by atoms with Gasteiger partial charge in [0, 0.05) is 24.7 Å². The Kier molecular flexibility index (Phi) is 8.03. The zero-order chi connectivity index (χ0) is 15.2. The van der Waals surface area contributed by atoms with E-state index in [0.29, 0.717) is 18.1 Å². The van der Waals surface area contributed by atoms with Crippen LogP contribution in [-0.2, 0) is 9.59 Å². The smallest absolute Gasteiger partial charge is 0.233 e. The minimum atomic E-state index is -0.403. The number of halogens is 2. The first-order chi connectivity index (χ1) is 10.1. The van der Waals surface area contributed by atoms with E-state index in [0.717, 1.165) is 12.1 Å². The molecule has 1 atom stereocenters. The molecule has 0 saturated carbocycles. The summed E-state index contributed by atoms with van der Waals surface area (Å²) in [7, 11) is 0. The topological polar surface area (TPSA) is 75.4 Å². The number of rotatable bonds is 5. The van der Waals surface area contributed by atoms with Gasteiger partial charge in [0.25, 0.3) is 0 Å². The van der Waals surface area contributed by atoms with Crippen LogP contribution in [0.2, 0.25) is 5.02 Å². The van der Waals surface area contributed by atoms with Crippen LogP contribution >= 0.6 is 35.8 Å². The first-order valence-electron chi connectivity index (χ1n) is 6.69. The van der Waals surface area contributed by atoms with Gasteiger partial charge in [0.1, 0.15) is 0 Å². The van der Waals surface area contributed by atoms with Crippen molar-refractivity contribution in [2.45, 2.75) is 6.04 Å². The molecule has 8 heteroatoms. The average molecular weight is 364 g/mol. The monoisotopic (exact) mass is 363 g/mol. The minimum absolute atomic E-state index is 0. The molecule has 1 aromatic rings. The van der Waals surface area contributed by atoms with E-state index in [-0.39, 0.29) is 35.9 Å². The number of nitrogens with zero attached hydrogens (tertiary/aromatic N) is 1. The van der Waals surface area contributed by atoms with Crippen molar-refractivity contribution in [1.82, 2.24) is 10.2 Å². The number of hydrogen-bond donors (Lipinski definition) is 2. The highest BCUT2D eigenvalue weighted by Crippen LogP contribution is 2.25. The van der Waals surface area contributed by atoms with Gasteiger partial charge in [-0.15, -0.1) is 24.2 Å². The van der Waals surface area contributed by atoms with Gasteiger partial charge in [-0.1, -0.05) is 23.7 Å². The molecule has 122 valence electrons. The van der Waals surface area contributed by atoms with Gasteiger partial charge in [-0.05, 0) is 17.7 Å². The lowest BCUT2D eigenvalue weighted by atomic mass is 10.0. The Morgan fingerprint density at radius 2 is 2.18 bits per heavy atom. The first-order valence-corrected chi connectivity index (χ1v) is 8.23. The summed E-state index contributed by atoms with van der Waals surface area (Å²) in [5.74, 6) is 0.0480. The summed E-state index contributed by atoms with van der Waals surface area (Å²) in [6.45, 7) is 2.11. The Morgan fingerprint density at radius 3 is 2.86 bits per heavy atom. The van der Waals surface area contributed by atoms with Gasteiger partial charge in [0.05, 0.1) is 17.5 Å². The molecule has 1 fully saturated rings. The van der Waals surface area contributed by atoms with E-state index < -0.39 is 5.91 Å². The number of carbonyl (C=O) groups excluding carboxylic acids is 2. The number of nitrogens with one attached hydrogen (secondary N) is 1. The summed E-state index contributed by atoms with van der Waals surface area (Å²) in [6.07, 6.45) is 0. The molecule has 0 bridgehead atoms. The van der Waals surface area contributed by atoms with Crippen LogP contribution in [0.15, 0.2) is 24.3 Å². The van der Waals surface area contributed by atoms with E-state index in [2.05, 4.69) is 5.32 Å². The van der Waals surface area contributed by atoms with Crippen LogP contribution in [0.5, 0.6) is 0 Å². The SMILES string of the molecule is Cl.NC(=O)CSCC(=O)N1CCNCC1c1cccc(Cl)c1. The van der Waals surface area contributed by atoms with Gasteiger partial charge >= 0.3 is 0 Å². The maximum absolute atomic E-state index is 12.3. The van der Waals surface area contributed by atoms with Crippen LogP contribution in [-0.4, -0.2) is 47.9 Å². The molecule has 1 heterocycles. The van der Waals surface area contributed by atoms with E-state index in [1.807, 2.05) is 29.2 Å². The van der Waals surface area contributed by atoms with Crippen molar-refractivity contribution in [2.24, 2.45) is 5.73 Å². The summed E-state index contributed by atoms with van der Waals surface area (Å²) in [4.78, 5) is 24.9. The highest BCUT2D eigenvalue weighted by Gasteiger charge is 2.27. The highest BCUT2D eigenvalue weighted by molar-refractivity contribution is 8.00. The van der Waals surface area contributed by atoms with Gasteiger partial charge in [0.2, 0.25) is 11.8 Å². The highest BCUT2D eigenvalue weighted by atomic mass is 35.5. The van der Waals surface area contributed by atoms with Crippen LogP contribution in [0, 0.1) is 0 Å². The standard InChI is InChI=1S/C14H18ClN3O2S.ClH/c15-11-3-1-2-10(6-11)12-7-17-4-5-18(12)14(20)9-21-8-13(16)19;/h1-3,6,12,17H,4-5,7-9H2,(H2,16,19);1H. The number of amides is 2. The predicted molar refractivity (Wildman–Crippen MR) is 92.5 cm³/mol. The van der Waals surface area contributed by atoms with E-state index in [1.54, 1.807) is 0 Å². The number of hydrogen-bond acceptors (Lipinski definition) is 4. The van der Waals surface area contributed by atoms with E-state index in [1.165, 1.54) is 11.8 Å². The molecule has 1 aromatic carbocycles. The zero-order valence-electron chi connectivity index (χ0n) is 12.0. The Balaban J connectivity index is 0.00000242. The molecule has 0 radical (unpaired) electrons. The minimum Gasteiger partial charge on any atom is -0.369 e. The molecule has 1 unspecified atom stereocenters. The van der Waals surface area contributed by atoms with Crippen molar-refractivity contribution in [3.63, 3.8) is 0 Å². The fourth-order valence-electron chi connectivity index (χ4n) is 2.34. The van der Waals surface area contributed by atoms with Gasteiger partial charge in [-0.25, -0.2) is 0 Å². The number of piperazine rings is 1. The lowest BCUT2D eigenvalue weighted by Crippen LogP contribution is -2.49. The molecule has 2 rings (SSSR count). The van der Waals surface area contributed by atoms with Crippen LogP contribution in [0.4, 0.5) is 0 Å². The molecule has 3 N–H and O–H groups in total. The fraction of sp³-hybridized carbons (Fsp3) is 0.429. The van der Waals surface area contributed by atoms with Crippen molar-refractivity contribution in [3.8, 4) is 0 Å². The molecule has 1 aliphatic heterocycles. The number of thioether (sulfide) groups is 1. The van der Waals surface area contributed by atoms with Crippen molar-refractivity contribution >= 4 is 47.6 Å². The Morgan fingerprint density at radius 1 is 1.41 bits per heavy atom. The van der Waals surface area contributed by atoms with Gasteiger partial charge < -0.3 is 16.0 Å². The quantitative estimate of drug-likeness (QED) is 0.830. The number of carbonyl (C=O) groups is 2. The predicted octanol–water partition coefficient (Wildman–Crippen LogP) is 1.45. The Hall–Kier alpha value is -0.950. The van der Waals surface area contributed by atoms with Gasteiger partial charge in [0.15, 0.2) is 0 Å². The van der Waals surface area contributed by atoms with Crippen molar-refractivity contribution in [1.29, 1.82) is 0 Å². The first kappa shape index (κ1) is 19.1. The van der Waals surface area contributed by atoms with Crippen molar-refractivity contribution in [3.05, 3.63) is 34.9 Å². The van der Waals surface area contributed by atoms with Crippen LogP contribution in [0.3, 0.4) is 0 Å². The largest absolute Gasteiger partial charge is 0.369 e. The van der Waals surface area contributed by atoms with Crippen LogP contribution < -0.4 is 11.1 Å². The van der Waals surface area contributed by atoms with E-state index in [9.17, 15) is 9.59 Å². The second kappa shape index (κ2) is 9.25. The normalized spacial score (nSPS) is 17.7. The van der Waals surface area contributed by atoms with Crippen molar-refractivity contribution < 1.29 is 9.59 Å². The third-order valence-corrected chi connectivity index (χ3v) is 4.44. The zero-order valence-corrected chi connectivity index (χ0v) is 14.3. The lowest BCUT2D eigenvalue weighted by Gasteiger charge is -2.36. The summed E-state index contributed by atoms with van der Waals surface area (Å²) >= 11 is 7.28. The van der Waals surface area contributed by atoms with Crippen LogP contribution in [0.25, 0.3) is 0 Å².